The van der Waals surface area contributed by atoms with E-state index < -0.39 is 21.8 Å². The minimum absolute atomic E-state index is 0.101. The van der Waals surface area contributed by atoms with Gasteiger partial charge < -0.3 is 0 Å². The fraction of sp³-hybridized carbons (Fsp3) is 0.190. The maximum Gasteiger partial charge on any atom is 0.264 e. The molecule has 0 heterocycles. The van der Waals surface area contributed by atoms with Gasteiger partial charge in [-0.05, 0) is 47.9 Å². The third kappa shape index (κ3) is 3.33. The van der Waals surface area contributed by atoms with E-state index in [4.69, 9.17) is 11.6 Å². The lowest BCUT2D eigenvalue weighted by Gasteiger charge is -2.25. The summed E-state index contributed by atoms with van der Waals surface area (Å²) in [5, 5.41) is 1.90. The van der Waals surface area contributed by atoms with E-state index in [-0.39, 0.29) is 4.90 Å². The van der Waals surface area contributed by atoms with Crippen LogP contribution in [0.2, 0.25) is 5.02 Å². The van der Waals surface area contributed by atoms with Crippen LogP contribution in [0.3, 0.4) is 0 Å². The Balaban J connectivity index is 1.69. The van der Waals surface area contributed by atoms with E-state index >= 15 is 0 Å². The Morgan fingerprint density at radius 1 is 1.00 bits per heavy atom. The standard InChI is InChI=1S/C21H18ClNO3S/c22-18-12-4-9-15-8-3-11-17(20(15)18)21(24)23-27(25,26)19-13-5-7-14-6-1-2-10-16(14)19/h1-2,4-7,9-10,12-13,17H,3,8,11H2,(H,23,24)/t17-/m1/s1. The Bertz CT molecular complexity index is 1140. The summed E-state index contributed by atoms with van der Waals surface area (Å²) in [4.78, 5) is 13.0. The van der Waals surface area contributed by atoms with Gasteiger partial charge in [0.25, 0.3) is 10.0 Å². The number of carbonyl (C=O) groups excluding carboxylic acids is 1. The van der Waals surface area contributed by atoms with E-state index in [1.165, 1.54) is 6.07 Å². The monoisotopic (exact) mass is 399 g/mol. The summed E-state index contributed by atoms with van der Waals surface area (Å²) in [6, 6.07) is 17.8. The Labute approximate surface area is 163 Å². The molecule has 4 rings (SSSR count). The van der Waals surface area contributed by atoms with Crippen LogP contribution in [0.25, 0.3) is 10.8 Å². The second-order valence-corrected chi connectivity index (χ2v) is 8.76. The van der Waals surface area contributed by atoms with Gasteiger partial charge in [0.05, 0.1) is 10.8 Å². The molecule has 0 radical (unpaired) electrons. The number of sulfonamides is 1. The summed E-state index contributed by atoms with van der Waals surface area (Å²) in [6.45, 7) is 0. The largest absolute Gasteiger partial charge is 0.273 e. The fourth-order valence-corrected chi connectivity index (χ4v) is 5.36. The zero-order chi connectivity index (χ0) is 19.0. The summed E-state index contributed by atoms with van der Waals surface area (Å²) in [5.74, 6) is -1.09. The molecular formula is C21H18ClNO3S. The summed E-state index contributed by atoms with van der Waals surface area (Å²) in [5.41, 5.74) is 1.76. The van der Waals surface area contributed by atoms with Crippen molar-refractivity contribution in [2.45, 2.75) is 30.1 Å². The van der Waals surface area contributed by atoms with Gasteiger partial charge in [-0.2, -0.15) is 0 Å². The molecule has 3 aromatic carbocycles. The average Bonchev–Trinajstić information content (AvgIpc) is 2.67. The van der Waals surface area contributed by atoms with Crippen molar-refractivity contribution in [2.75, 3.05) is 0 Å². The zero-order valence-corrected chi connectivity index (χ0v) is 16.1. The van der Waals surface area contributed by atoms with Gasteiger partial charge in [-0.15, -0.1) is 0 Å². The van der Waals surface area contributed by atoms with Gasteiger partial charge in [0.15, 0.2) is 0 Å². The predicted octanol–water partition coefficient (Wildman–Crippen LogP) is 4.42. The Kier molecular flexibility index (Phi) is 4.66. The van der Waals surface area contributed by atoms with E-state index in [0.717, 1.165) is 29.4 Å². The molecule has 27 heavy (non-hydrogen) atoms. The van der Waals surface area contributed by atoms with Crippen molar-refractivity contribution in [2.24, 2.45) is 0 Å². The SMILES string of the molecule is O=C(NS(=O)(=O)c1cccc2ccccc12)[C@@H]1CCCc2cccc(Cl)c21. The number of aryl methyl sites for hydroxylation is 1. The molecule has 0 aromatic heterocycles. The van der Waals surface area contributed by atoms with Crippen molar-refractivity contribution in [3.05, 3.63) is 76.8 Å². The maximum atomic E-state index is 12.9. The molecule has 1 aliphatic carbocycles. The molecule has 0 saturated carbocycles. The smallest absolute Gasteiger partial charge is 0.264 e. The van der Waals surface area contributed by atoms with Crippen molar-refractivity contribution >= 4 is 38.3 Å². The molecule has 0 spiro atoms. The highest BCUT2D eigenvalue weighted by molar-refractivity contribution is 7.90. The van der Waals surface area contributed by atoms with Crippen molar-refractivity contribution in [3.63, 3.8) is 0 Å². The van der Waals surface area contributed by atoms with Crippen molar-refractivity contribution in [1.29, 1.82) is 0 Å². The normalized spacial score (nSPS) is 16.7. The minimum Gasteiger partial charge on any atom is -0.273 e. The first-order valence-corrected chi connectivity index (χ1v) is 10.7. The Morgan fingerprint density at radius 2 is 1.74 bits per heavy atom. The molecule has 3 aromatic rings. The Hall–Kier alpha value is -2.37. The summed E-state index contributed by atoms with van der Waals surface area (Å²) in [7, 11) is -3.99. The van der Waals surface area contributed by atoms with Crippen LogP contribution < -0.4 is 4.72 Å². The third-order valence-corrected chi connectivity index (χ3v) is 6.76. The lowest BCUT2D eigenvalue weighted by Crippen LogP contribution is -2.36. The van der Waals surface area contributed by atoms with Gasteiger partial charge in [-0.3, -0.25) is 4.79 Å². The molecule has 6 heteroatoms. The van der Waals surface area contributed by atoms with Gasteiger partial charge >= 0.3 is 0 Å². The van der Waals surface area contributed by atoms with Gasteiger partial charge in [0, 0.05) is 10.4 Å². The van der Waals surface area contributed by atoms with Crippen molar-refractivity contribution < 1.29 is 13.2 Å². The van der Waals surface area contributed by atoms with Gasteiger partial charge in [0.1, 0.15) is 0 Å². The molecule has 1 amide bonds. The fourth-order valence-electron chi connectivity index (χ4n) is 3.78. The van der Waals surface area contributed by atoms with Crippen LogP contribution in [0.4, 0.5) is 0 Å². The first kappa shape index (κ1) is 18.0. The molecule has 0 fully saturated rings. The number of carbonyl (C=O) groups is 1. The van der Waals surface area contributed by atoms with Crippen LogP contribution in [0.15, 0.2) is 65.6 Å². The van der Waals surface area contributed by atoms with Crippen LogP contribution in [0, 0.1) is 0 Å². The van der Waals surface area contributed by atoms with Crippen LogP contribution in [-0.4, -0.2) is 14.3 Å². The Morgan fingerprint density at radius 3 is 2.59 bits per heavy atom. The number of rotatable bonds is 3. The molecule has 0 aliphatic heterocycles. The third-order valence-electron chi connectivity index (χ3n) is 5.02. The number of nitrogens with one attached hydrogen (secondary N) is 1. The van der Waals surface area contributed by atoms with Crippen LogP contribution in [0.1, 0.15) is 29.9 Å². The number of halogens is 1. The number of benzene rings is 3. The highest BCUT2D eigenvalue weighted by Gasteiger charge is 2.31. The molecule has 1 aliphatic rings. The highest BCUT2D eigenvalue weighted by atomic mass is 35.5. The molecular weight excluding hydrogens is 382 g/mol. The number of fused-ring (bicyclic) bond motifs is 2. The zero-order valence-electron chi connectivity index (χ0n) is 14.5. The second kappa shape index (κ2) is 6.98. The van der Waals surface area contributed by atoms with Crippen molar-refractivity contribution in [1.82, 2.24) is 4.72 Å². The number of amides is 1. The first-order chi connectivity index (χ1) is 13.0. The molecule has 1 N–H and O–H groups in total. The van der Waals surface area contributed by atoms with Crippen molar-refractivity contribution in [3.8, 4) is 0 Å². The second-order valence-electron chi connectivity index (χ2n) is 6.70. The topological polar surface area (TPSA) is 63.2 Å². The van der Waals surface area contributed by atoms with Gasteiger partial charge in [-0.25, -0.2) is 13.1 Å². The summed E-state index contributed by atoms with van der Waals surface area (Å²) in [6.07, 6.45) is 2.24. The van der Waals surface area contributed by atoms with E-state index in [1.807, 2.05) is 30.3 Å². The van der Waals surface area contributed by atoms with E-state index in [0.29, 0.717) is 16.8 Å². The molecule has 0 saturated heterocycles. The average molecular weight is 400 g/mol. The van der Waals surface area contributed by atoms with E-state index in [1.54, 1.807) is 24.3 Å². The molecule has 0 unspecified atom stereocenters. The highest BCUT2D eigenvalue weighted by Crippen LogP contribution is 2.37. The predicted molar refractivity (Wildman–Crippen MR) is 106 cm³/mol. The van der Waals surface area contributed by atoms with E-state index in [9.17, 15) is 13.2 Å². The molecule has 4 nitrogen and oxygen atoms in total. The number of hydrogen-bond acceptors (Lipinski definition) is 3. The molecule has 0 bridgehead atoms. The minimum atomic E-state index is -3.99. The molecule has 1 atom stereocenters. The molecule has 138 valence electrons. The van der Waals surface area contributed by atoms with Crippen LogP contribution in [-0.2, 0) is 21.2 Å². The lowest BCUT2D eigenvalue weighted by atomic mass is 9.82. The first-order valence-electron chi connectivity index (χ1n) is 8.79. The van der Waals surface area contributed by atoms with Crippen LogP contribution >= 0.6 is 11.6 Å². The number of hydrogen-bond donors (Lipinski definition) is 1. The van der Waals surface area contributed by atoms with Gasteiger partial charge in [-0.1, -0.05) is 60.1 Å². The summed E-state index contributed by atoms with van der Waals surface area (Å²) >= 11 is 6.32. The summed E-state index contributed by atoms with van der Waals surface area (Å²) < 4.78 is 28.1. The van der Waals surface area contributed by atoms with Gasteiger partial charge in [0.2, 0.25) is 5.91 Å². The lowest BCUT2D eigenvalue weighted by molar-refractivity contribution is -0.121. The van der Waals surface area contributed by atoms with E-state index in [2.05, 4.69) is 4.72 Å². The quantitative estimate of drug-likeness (QED) is 0.709. The maximum absolute atomic E-state index is 12.9. The van der Waals surface area contributed by atoms with Crippen LogP contribution in [0.5, 0.6) is 0 Å².